The topological polar surface area (TPSA) is 33.6 Å². The van der Waals surface area contributed by atoms with Crippen molar-refractivity contribution in [1.82, 2.24) is 14.8 Å². The van der Waals surface area contributed by atoms with Crippen molar-refractivity contribution in [2.45, 2.75) is 32.7 Å². The average molecular weight is 231 g/mol. The van der Waals surface area contributed by atoms with Crippen LogP contribution in [0.15, 0.2) is 0 Å². The van der Waals surface area contributed by atoms with Crippen LogP contribution in [0.2, 0.25) is 0 Å². The van der Waals surface area contributed by atoms with Crippen LogP contribution in [0.3, 0.4) is 0 Å². The van der Waals surface area contributed by atoms with E-state index in [0.29, 0.717) is 0 Å². The largest absolute Gasteiger partial charge is 0.304 e. The van der Waals surface area contributed by atoms with Crippen LogP contribution in [0.1, 0.15) is 25.6 Å². The molecular weight excluding hydrogens is 214 g/mol. The second-order valence-corrected chi connectivity index (χ2v) is 4.57. The first-order chi connectivity index (χ1) is 6.79. The summed E-state index contributed by atoms with van der Waals surface area (Å²) in [6, 6.07) is 0. The van der Waals surface area contributed by atoms with Crippen molar-refractivity contribution in [2.75, 3.05) is 12.0 Å². The summed E-state index contributed by atoms with van der Waals surface area (Å²) < 4.78 is 2.88. The first-order valence-corrected chi connectivity index (χ1v) is 6.72. The molecule has 0 unspecified atom stereocenters. The van der Waals surface area contributed by atoms with E-state index < -0.39 is 0 Å². The molecule has 0 spiro atoms. The number of thioether (sulfide) groups is 1. The lowest BCUT2D eigenvalue weighted by Crippen LogP contribution is -2.04. The Morgan fingerprint density at radius 3 is 3.00 bits per heavy atom. The fourth-order valence-electron chi connectivity index (χ4n) is 1.36. The molecule has 0 saturated carbocycles. The SMILES string of the molecule is CCCc1n[nH]c(=S)n1CCCSC. The monoisotopic (exact) mass is 231 g/mol. The number of aryl methyl sites for hydroxylation is 1. The number of H-pyrrole nitrogens is 1. The number of rotatable bonds is 6. The summed E-state index contributed by atoms with van der Waals surface area (Å²) in [5.41, 5.74) is 0. The van der Waals surface area contributed by atoms with E-state index in [9.17, 15) is 0 Å². The zero-order chi connectivity index (χ0) is 10.4. The summed E-state index contributed by atoms with van der Waals surface area (Å²) in [4.78, 5) is 0. The molecule has 1 rings (SSSR count). The van der Waals surface area contributed by atoms with Crippen LogP contribution in [0.4, 0.5) is 0 Å². The Hall–Kier alpha value is -0.290. The second-order valence-electron chi connectivity index (χ2n) is 3.19. The van der Waals surface area contributed by atoms with Gasteiger partial charge in [0.1, 0.15) is 5.82 Å². The molecule has 0 aliphatic rings. The third-order valence-electron chi connectivity index (χ3n) is 2.04. The molecule has 5 heteroatoms. The van der Waals surface area contributed by atoms with Gasteiger partial charge in [-0.25, -0.2) is 0 Å². The van der Waals surface area contributed by atoms with Crippen molar-refractivity contribution in [1.29, 1.82) is 0 Å². The van der Waals surface area contributed by atoms with Crippen molar-refractivity contribution in [3.63, 3.8) is 0 Å². The molecule has 14 heavy (non-hydrogen) atoms. The molecule has 0 aromatic carbocycles. The van der Waals surface area contributed by atoms with Crippen LogP contribution in [0, 0.1) is 4.77 Å². The lowest BCUT2D eigenvalue weighted by molar-refractivity contribution is 0.628. The standard InChI is InChI=1S/C9H17N3S2/c1-3-5-8-10-11-9(13)12(8)6-4-7-14-2/h3-7H2,1-2H3,(H,11,13). The Bertz CT molecular complexity index is 316. The number of aromatic amines is 1. The molecule has 1 N–H and O–H groups in total. The fourth-order valence-corrected chi connectivity index (χ4v) is 2.02. The minimum atomic E-state index is 0.759. The molecule has 0 saturated heterocycles. The third-order valence-corrected chi connectivity index (χ3v) is 3.05. The quantitative estimate of drug-likeness (QED) is 0.603. The van der Waals surface area contributed by atoms with Gasteiger partial charge in [-0.2, -0.15) is 16.9 Å². The highest BCUT2D eigenvalue weighted by molar-refractivity contribution is 7.98. The van der Waals surface area contributed by atoms with Gasteiger partial charge in [0.15, 0.2) is 4.77 Å². The molecule has 1 aromatic rings. The summed E-state index contributed by atoms with van der Waals surface area (Å²) >= 11 is 7.05. The highest BCUT2D eigenvalue weighted by Gasteiger charge is 2.03. The lowest BCUT2D eigenvalue weighted by atomic mass is 10.3. The van der Waals surface area contributed by atoms with E-state index >= 15 is 0 Å². The number of nitrogens with zero attached hydrogens (tertiary/aromatic N) is 2. The maximum atomic E-state index is 5.17. The molecule has 0 aliphatic heterocycles. The zero-order valence-corrected chi connectivity index (χ0v) is 10.4. The van der Waals surface area contributed by atoms with Gasteiger partial charge in [0, 0.05) is 13.0 Å². The van der Waals surface area contributed by atoms with Crippen LogP contribution in [-0.4, -0.2) is 26.8 Å². The molecule has 0 bridgehead atoms. The van der Waals surface area contributed by atoms with Gasteiger partial charge in [0.05, 0.1) is 0 Å². The summed E-state index contributed by atoms with van der Waals surface area (Å²) in [6.45, 7) is 3.15. The molecule has 0 amide bonds. The minimum Gasteiger partial charge on any atom is -0.304 e. The Morgan fingerprint density at radius 2 is 2.36 bits per heavy atom. The van der Waals surface area contributed by atoms with Gasteiger partial charge in [-0.3, -0.25) is 5.10 Å². The van der Waals surface area contributed by atoms with Crippen molar-refractivity contribution in [3.8, 4) is 0 Å². The van der Waals surface area contributed by atoms with E-state index in [-0.39, 0.29) is 0 Å². The number of aromatic nitrogens is 3. The van der Waals surface area contributed by atoms with E-state index in [1.807, 2.05) is 11.8 Å². The lowest BCUT2D eigenvalue weighted by Gasteiger charge is -2.04. The highest BCUT2D eigenvalue weighted by atomic mass is 32.2. The van der Waals surface area contributed by atoms with Crippen molar-refractivity contribution >= 4 is 24.0 Å². The summed E-state index contributed by atoms with van der Waals surface area (Å²) in [6.07, 6.45) is 5.40. The molecule has 1 heterocycles. The predicted molar refractivity (Wildman–Crippen MR) is 64.4 cm³/mol. The van der Waals surface area contributed by atoms with Crippen molar-refractivity contribution in [3.05, 3.63) is 10.6 Å². The molecule has 0 fully saturated rings. The van der Waals surface area contributed by atoms with Gasteiger partial charge in [0.25, 0.3) is 0 Å². The average Bonchev–Trinajstić information content (AvgIpc) is 2.50. The first kappa shape index (κ1) is 11.8. The molecule has 0 radical (unpaired) electrons. The second kappa shape index (κ2) is 6.24. The maximum absolute atomic E-state index is 5.17. The Morgan fingerprint density at radius 1 is 1.57 bits per heavy atom. The molecule has 0 atom stereocenters. The smallest absolute Gasteiger partial charge is 0.195 e. The Labute approximate surface area is 94.3 Å². The maximum Gasteiger partial charge on any atom is 0.195 e. The molecular formula is C9H17N3S2. The van der Waals surface area contributed by atoms with Crippen LogP contribution in [0.25, 0.3) is 0 Å². The van der Waals surface area contributed by atoms with E-state index in [1.54, 1.807) is 0 Å². The van der Waals surface area contributed by atoms with E-state index in [0.717, 1.165) is 36.4 Å². The molecule has 80 valence electrons. The summed E-state index contributed by atoms with van der Waals surface area (Å²) in [5, 5.41) is 7.08. The van der Waals surface area contributed by atoms with Crippen LogP contribution in [-0.2, 0) is 13.0 Å². The van der Waals surface area contributed by atoms with Gasteiger partial charge in [-0.1, -0.05) is 6.92 Å². The van der Waals surface area contributed by atoms with Crippen LogP contribution < -0.4 is 0 Å². The molecule has 3 nitrogen and oxygen atoms in total. The van der Waals surface area contributed by atoms with Crippen molar-refractivity contribution < 1.29 is 0 Å². The third kappa shape index (κ3) is 3.13. The minimum absolute atomic E-state index is 0.759. The summed E-state index contributed by atoms with van der Waals surface area (Å²) in [5.74, 6) is 2.28. The number of hydrogen-bond donors (Lipinski definition) is 1. The molecule has 0 aliphatic carbocycles. The fraction of sp³-hybridized carbons (Fsp3) is 0.778. The first-order valence-electron chi connectivity index (χ1n) is 4.92. The van der Waals surface area contributed by atoms with Gasteiger partial charge in [-0.15, -0.1) is 0 Å². The zero-order valence-electron chi connectivity index (χ0n) is 8.75. The van der Waals surface area contributed by atoms with Crippen molar-refractivity contribution in [2.24, 2.45) is 0 Å². The van der Waals surface area contributed by atoms with Crippen LogP contribution >= 0.6 is 24.0 Å². The van der Waals surface area contributed by atoms with E-state index in [4.69, 9.17) is 12.2 Å². The number of nitrogens with one attached hydrogen (secondary N) is 1. The highest BCUT2D eigenvalue weighted by Crippen LogP contribution is 2.05. The van der Waals surface area contributed by atoms with Gasteiger partial charge < -0.3 is 4.57 Å². The molecule has 1 aromatic heterocycles. The van der Waals surface area contributed by atoms with Crippen LogP contribution in [0.5, 0.6) is 0 Å². The van der Waals surface area contributed by atoms with Gasteiger partial charge in [-0.05, 0) is 37.1 Å². The predicted octanol–water partition coefficient (Wildman–Crippen LogP) is 2.65. The Balaban J connectivity index is 2.62. The Kier molecular flexibility index (Phi) is 5.25. The van der Waals surface area contributed by atoms with E-state index in [2.05, 4.69) is 27.9 Å². The van der Waals surface area contributed by atoms with Gasteiger partial charge >= 0.3 is 0 Å². The number of hydrogen-bond acceptors (Lipinski definition) is 3. The van der Waals surface area contributed by atoms with Gasteiger partial charge in [0.2, 0.25) is 0 Å². The normalized spacial score (nSPS) is 10.7. The van der Waals surface area contributed by atoms with E-state index in [1.165, 1.54) is 5.75 Å². The summed E-state index contributed by atoms with van der Waals surface area (Å²) in [7, 11) is 0.